The third kappa shape index (κ3) is 5.53. The average Bonchev–Trinajstić information content (AvgIpc) is 2.97. The minimum absolute atomic E-state index is 0.0494. The van der Waals surface area contributed by atoms with E-state index in [4.69, 9.17) is 0 Å². The Labute approximate surface area is 160 Å². The molecule has 0 bridgehead atoms. The molecule has 7 nitrogen and oxygen atoms in total. The molecule has 146 valence electrons. The fourth-order valence-corrected chi connectivity index (χ4v) is 3.47. The summed E-state index contributed by atoms with van der Waals surface area (Å²) in [5.74, 6) is 0.482. The second-order valence-corrected chi connectivity index (χ2v) is 7.51. The Bertz CT molecular complexity index is 665. The van der Waals surface area contributed by atoms with Crippen LogP contribution in [0.2, 0.25) is 0 Å². The van der Waals surface area contributed by atoms with Gasteiger partial charge in [-0.05, 0) is 56.0 Å². The van der Waals surface area contributed by atoms with Gasteiger partial charge >= 0.3 is 6.03 Å². The van der Waals surface area contributed by atoms with Crippen molar-refractivity contribution in [1.82, 2.24) is 15.1 Å². The number of piperidine rings is 1. The lowest BCUT2D eigenvalue weighted by atomic mass is 9.99. The Balaban J connectivity index is 1.39. The fourth-order valence-electron chi connectivity index (χ4n) is 3.47. The van der Waals surface area contributed by atoms with Gasteiger partial charge in [-0.3, -0.25) is 19.4 Å². The number of rotatable bonds is 7. The molecule has 2 aliphatic rings. The number of carbonyl (C=O) groups is 3. The summed E-state index contributed by atoms with van der Waals surface area (Å²) in [7, 11) is 0. The number of likely N-dealkylation sites (tertiary alicyclic amines) is 1. The maximum Gasteiger partial charge on any atom is 0.324 e. The average molecular weight is 372 g/mol. The Kier molecular flexibility index (Phi) is 6.45. The summed E-state index contributed by atoms with van der Waals surface area (Å²) in [5.41, 5.74) is 2.02. The number of nitrogens with zero attached hydrogens (tertiary/aromatic N) is 2. The second-order valence-electron chi connectivity index (χ2n) is 7.51. The highest BCUT2D eigenvalue weighted by Crippen LogP contribution is 2.19. The molecular formula is C20H28N4O3. The van der Waals surface area contributed by atoms with Gasteiger partial charge in [0.05, 0.1) is 6.54 Å². The Morgan fingerprint density at radius 1 is 1.19 bits per heavy atom. The molecule has 0 spiro atoms. The minimum Gasteiger partial charge on any atom is -0.329 e. The number of hydrogen-bond acceptors (Lipinski definition) is 4. The first-order valence-electron chi connectivity index (χ1n) is 9.70. The highest BCUT2D eigenvalue weighted by molar-refractivity contribution is 6.02. The van der Waals surface area contributed by atoms with Crippen molar-refractivity contribution in [2.24, 2.45) is 5.92 Å². The van der Waals surface area contributed by atoms with E-state index in [1.165, 1.54) is 18.4 Å². The number of anilines is 1. The molecule has 0 atom stereocenters. The standard InChI is InChI=1S/C20H28N4O3/c1-15-8-11-23(12-9-15)14-16-4-6-17(7-5-16)22-18(25)3-2-10-24-19(26)13-21-20(24)27/h4-7,15H,2-3,8-14H2,1H3,(H,21,27)(H,22,25). The van der Waals surface area contributed by atoms with Crippen LogP contribution in [0.4, 0.5) is 10.5 Å². The summed E-state index contributed by atoms with van der Waals surface area (Å²) in [6.07, 6.45) is 3.25. The highest BCUT2D eigenvalue weighted by atomic mass is 16.2. The molecule has 2 saturated heterocycles. The van der Waals surface area contributed by atoms with Crippen LogP contribution in [0.15, 0.2) is 24.3 Å². The first-order valence-corrected chi connectivity index (χ1v) is 9.70. The van der Waals surface area contributed by atoms with Gasteiger partial charge in [0.1, 0.15) is 0 Å². The van der Waals surface area contributed by atoms with Crippen molar-refractivity contribution in [2.45, 2.75) is 39.2 Å². The quantitative estimate of drug-likeness (QED) is 0.719. The number of hydrogen-bond donors (Lipinski definition) is 2. The first kappa shape index (κ1) is 19.4. The van der Waals surface area contributed by atoms with Crippen LogP contribution in [-0.4, -0.2) is 53.8 Å². The Morgan fingerprint density at radius 2 is 1.89 bits per heavy atom. The van der Waals surface area contributed by atoms with Crippen LogP contribution >= 0.6 is 0 Å². The summed E-state index contributed by atoms with van der Waals surface area (Å²) in [4.78, 5) is 38.6. The van der Waals surface area contributed by atoms with E-state index < -0.39 is 0 Å². The van der Waals surface area contributed by atoms with Crippen LogP contribution in [0.5, 0.6) is 0 Å². The number of carbonyl (C=O) groups excluding carboxylic acids is 3. The lowest BCUT2D eigenvalue weighted by molar-refractivity contribution is -0.125. The summed E-state index contributed by atoms with van der Waals surface area (Å²) in [6.45, 7) is 5.88. The SMILES string of the molecule is CC1CCN(Cc2ccc(NC(=O)CCCN3C(=O)CNC3=O)cc2)CC1. The lowest BCUT2D eigenvalue weighted by Crippen LogP contribution is -2.32. The fraction of sp³-hybridized carbons (Fsp3) is 0.550. The van der Waals surface area contributed by atoms with Crippen molar-refractivity contribution >= 4 is 23.5 Å². The zero-order chi connectivity index (χ0) is 19.2. The molecule has 0 saturated carbocycles. The number of imide groups is 1. The van der Waals surface area contributed by atoms with Crippen molar-refractivity contribution in [3.63, 3.8) is 0 Å². The molecule has 2 N–H and O–H groups in total. The molecule has 1 aromatic rings. The van der Waals surface area contributed by atoms with Crippen LogP contribution in [0.3, 0.4) is 0 Å². The van der Waals surface area contributed by atoms with Crippen molar-refractivity contribution in [1.29, 1.82) is 0 Å². The number of benzene rings is 1. The van der Waals surface area contributed by atoms with Crippen LogP contribution in [0, 0.1) is 5.92 Å². The molecule has 2 heterocycles. The van der Waals surface area contributed by atoms with Gasteiger partial charge < -0.3 is 10.6 Å². The van der Waals surface area contributed by atoms with Gasteiger partial charge in [0, 0.05) is 25.2 Å². The molecule has 2 fully saturated rings. The van der Waals surface area contributed by atoms with E-state index in [-0.39, 0.29) is 37.4 Å². The zero-order valence-corrected chi connectivity index (χ0v) is 15.9. The number of urea groups is 1. The second kappa shape index (κ2) is 8.99. The minimum atomic E-state index is -0.376. The monoisotopic (exact) mass is 372 g/mol. The first-order chi connectivity index (χ1) is 13.0. The molecule has 7 heteroatoms. The van der Waals surface area contributed by atoms with Gasteiger partial charge in [-0.15, -0.1) is 0 Å². The van der Waals surface area contributed by atoms with Gasteiger partial charge in [0.25, 0.3) is 0 Å². The predicted octanol–water partition coefficient (Wildman–Crippen LogP) is 2.19. The Hall–Kier alpha value is -2.41. The topological polar surface area (TPSA) is 81.8 Å². The molecule has 0 aliphatic carbocycles. The maximum absolute atomic E-state index is 12.1. The van der Waals surface area contributed by atoms with Crippen molar-refractivity contribution < 1.29 is 14.4 Å². The molecule has 4 amide bonds. The van der Waals surface area contributed by atoms with Gasteiger partial charge in [-0.1, -0.05) is 19.1 Å². The van der Waals surface area contributed by atoms with Crippen molar-refractivity contribution in [3.05, 3.63) is 29.8 Å². The molecule has 0 radical (unpaired) electrons. The zero-order valence-electron chi connectivity index (χ0n) is 15.9. The van der Waals surface area contributed by atoms with Gasteiger partial charge in [-0.2, -0.15) is 0 Å². The van der Waals surface area contributed by atoms with Crippen molar-refractivity contribution in [3.8, 4) is 0 Å². The van der Waals surface area contributed by atoms with E-state index in [1.54, 1.807) is 0 Å². The van der Waals surface area contributed by atoms with E-state index in [9.17, 15) is 14.4 Å². The molecule has 1 aromatic carbocycles. The van der Waals surface area contributed by atoms with Crippen molar-refractivity contribution in [2.75, 3.05) is 31.5 Å². The highest BCUT2D eigenvalue weighted by Gasteiger charge is 2.27. The van der Waals surface area contributed by atoms with E-state index in [0.29, 0.717) is 6.42 Å². The molecule has 0 aromatic heterocycles. The van der Waals surface area contributed by atoms with Gasteiger partial charge in [0.15, 0.2) is 0 Å². The summed E-state index contributed by atoms with van der Waals surface area (Å²) in [6, 6.07) is 7.59. The molecule has 0 unspecified atom stereocenters. The normalized spacial score (nSPS) is 18.6. The van der Waals surface area contributed by atoms with Crippen LogP contribution < -0.4 is 10.6 Å². The lowest BCUT2D eigenvalue weighted by Gasteiger charge is -2.30. The van der Waals surface area contributed by atoms with Gasteiger partial charge in [0.2, 0.25) is 11.8 Å². The largest absolute Gasteiger partial charge is 0.329 e. The Morgan fingerprint density at radius 3 is 2.52 bits per heavy atom. The predicted molar refractivity (Wildman–Crippen MR) is 103 cm³/mol. The molecular weight excluding hydrogens is 344 g/mol. The van der Waals surface area contributed by atoms with E-state index in [2.05, 4.69) is 34.6 Å². The van der Waals surface area contributed by atoms with Gasteiger partial charge in [-0.25, -0.2) is 4.79 Å². The van der Waals surface area contributed by atoms with Crippen LogP contribution in [0.1, 0.15) is 38.2 Å². The molecule has 2 aliphatic heterocycles. The third-order valence-corrected chi connectivity index (χ3v) is 5.24. The summed E-state index contributed by atoms with van der Waals surface area (Å²) >= 11 is 0. The van der Waals surface area contributed by atoms with E-state index in [1.807, 2.05) is 12.1 Å². The van der Waals surface area contributed by atoms with E-state index in [0.717, 1.165) is 36.1 Å². The summed E-state index contributed by atoms with van der Waals surface area (Å²) in [5, 5.41) is 5.34. The van der Waals surface area contributed by atoms with Crippen LogP contribution in [-0.2, 0) is 16.1 Å². The smallest absolute Gasteiger partial charge is 0.324 e. The van der Waals surface area contributed by atoms with E-state index >= 15 is 0 Å². The van der Waals surface area contributed by atoms with Crippen LogP contribution in [0.25, 0.3) is 0 Å². The number of amides is 4. The molecule has 27 heavy (non-hydrogen) atoms. The third-order valence-electron chi connectivity index (χ3n) is 5.24. The summed E-state index contributed by atoms with van der Waals surface area (Å²) < 4.78 is 0. The number of nitrogens with one attached hydrogen (secondary N) is 2. The molecule has 3 rings (SSSR count). The maximum atomic E-state index is 12.1.